The van der Waals surface area contributed by atoms with Crippen LogP contribution in [0.3, 0.4) is 0 Å². The number of thiazole rings is 1. The van der Waals surface area contributed by atoms with Crippen molar-refractivity contribution in [2.75, 3.05) is 12.0 Å². The Morgan fingerprint density at radius 2 is 1.76 bits per heavy atom. The molecule has 3 aromatic rings. The smallest absolute Gasteiger partial charge is 0.344 e. The second-order valence-electron chi connectivity index (χ2n) is 12.9. The van der Waals surface area contributed by atoms with E-state index in [2.05, 4.69) is 10.1 Å². The number of fused-ring (bicyclic) bond motifs is 6. The number of esters is 1. The number of ether oxygens (including phenoxy) is 2. The molecule has 2 aromatic heterocycles. The molecule has 216 valence electrons. The maximum absolute atomic E-state index is 13.9. The van der Waals surface area contributed by atoms with E-state index in [0.29, 0.717) is 17.2 Å². The summed E-state index contributed by atoms with van der Waals surface area (Å²) in [6.45, 7) is 0. The first kappa shape index (κ1) is 25.6. The minimum atomic E-state index is -1.02. The van der Waals surface area contributed by atoms with E-state index >= 15 is 0 Å². The van der Waals surface area contributed by atoms with Crippen molar-refractivity contribution >= 4 is 38.6 Å². The van der Waals surface area contributed by atoms with Crippen molar-refractivity contribution < 1.29 is 28.7 Å². The van der Waals surface area contributed by atoms with Gasteiger partial charge in [-0.3, -0.25) is 0 Å². The van der Waals surface area contributed by atoms with Crippen LogP contribution in [-0.4, -0.2) is 52.5 Å². The Labute approximate surface area is 242 Å². The summed E-state index contributed by atoms with van der Waals surface area (Å²) >= 11 is 1.52. The largest absolute Gasteiger partial charge is 0.496 e. The molecule has 0 radical (unpaired) electrons. The SMILES string of the molecule is COc1cc2nc(N3[C@@H]4CC[C@H]3C[C@@H](OC(=O)c3c(C56CCC(CC5)CC6)noc3C3CC3)C4)sc2cc1C(=O)O. The second-order valence-corrected chi connectivity index (χ2v) is 13.9. The summed E-state index contributed by atoms with van der Waals surface area (Å²) in [4.78, 5) is 32.9. The van der Waals surface area contributed by atoms with Gasteiger partial charge in [-0.25, -0.2) is 14.6 Å². The molecular weight excluding hydrogens is 542 g/mol. The molecular formula is C31H35N3O6S. The Morgan fingerprint density at radius 3 is 2.39 bits per heavy atom. The van der Waals surface area contributed by atoms with Crippen LogP contribution in [0.1, 0.15) is 115 Å². The van der Waals surface area contributed by atoms with E-state index in [1.165, 1.54) is 37.7 Å². The van der Waals surface area contributed by atoms with E-state index in [-0.39, 0.29) is 35.1 Å². The summed E-state index contributed by atoms with van der Waals surface area (Å²) in [7, 11) is 1.47. The molecule has 2 saturated heterocycles. The molecule has 6 fully saturated rings. The van der Waals surface area contributed by atoms with Crippen LogP contribution in [0.25, 0.3) is 10.2 Å². The molecule has 0 amide bonds. The average molecular weight is 578 g/mol. The molecule has 1 N–H and O–H groups in total. The lowest BCUT2D eigenvalue weighted by Crippen LogP contribution is -2.46. The fraction of sp³-hybridized carbons (Fsp3) is 0.613. The van der Waals surface area contributed by atoms with Gasteiger partial charge in [0.1, 0.15) is 28.7 Å². The number of aromatic nitrogens is 2. The highest BCUT2D eigenvalue weighted by Crippen LogP contribution is 2.54. The number of anilines is 1. The molecule has 4 aliphatic carbocycles. The Morgan fingerprint density at radius 1 is 1.05 bits per heavy atom. The van der Waals surface area contributed by atoms with Crippen molar-refractivity contribution in [2.45, 2.75) is 107 Å². The van der Waals surface area contributed by atoms with Crippen LogP contribution in [0.15, 0.2) is 16.7 Å². The lowest BCUT2D eigenvalue weighted by atomic mass is 9.59. The molecule has 41 heavy (non-hydrogen) atoms. The lowest BCUT2D eigenvalue weighted by molar-refractivity contribution is 0.0195. The van der Waals surface area contributed by atoms with Gasteiger partial charge >= 0.3 is 11.9 Å². The molecule has 9 nitrogen and oxygen atoms in total. The van der Waals surface area contributed by atoms with Crippen LogP contribution >= 0.6 is 11.3 Å². The predicted octanol–water partition coefficient (Wildman–Crippen LogP) is 6.45. The first-order valence-corrected chi connectivity index (χ1v) is 16.0. The van der Waals surface area contributed by atoms with E-state index in [4.69, 9.17) is 19.0 Å². The van der Waals surface area contributed by atoms with E-state index in [1.54, 1.807) is 12.1 Å². The zero-order valence-corrected chi connectivity index (χ0v) is 24.1. The first-order chi connectivity index (χ1) is 19.9. The number of carboxylic acids is 1. The summed E-state index contributed by atoms with van der Waals surface area (Å²) in [5.41, 5.74) is 2.38. The van der Waals surface area contributed by atoms with Gasteiger partial charge in [0.2, 0.25) is 0 Å². The number of hydrogen-bond donors (Lipinski definition) is 1. The Kier molecular flexibility index (Phi) is 5.89. The minimum Gasteiger partial charge on any atom is -0.496 e. The Hall–Kier alpha value is -3.14. The molecule has 6 aliphatic rings. The van der Waals surface area contributed by atoms with Gasteiger partial charge in [0.15, 0.2) is 10.9 Å². The van der Waals surface area contributed by atoms with Crippen LogP contribution in [0, 0.1) is 5.92 Å². The number of benzene rings is 1. The number of carboxylic acid groups (broad SMARTS) is 1. The quantitative estimate of drug-likeness (QED) is 0.316. The third-order valence-electron chi connectivity index (χ3n) is 10.6. The molecule has 4 saturated carbocycles. The highest BCUT2D eigenvalue weighted by atomic mass is 32.1. The van der Waals surface area contributed by atoms with Crippen LogP contribution in [-0.2, 0) is 10.2 Å². The fourth-order valence-electron chi connectivity index (χ4n) is 8.23. The molecule has 0 unspecified atom stereocenters. The van der Waals surface area contributed by atoms with Crippen LogP contribution in [0.2, 0.25) is 0 Å². The van der Waals surface area contributed by atoms with Gasteiger partial charge < -0.3 is 24.0 Å². The van der Waals surface area contributed by atoms with Gasteiger partial charge in [-0.05, 0) is 76.2 Å². The summed E-state index contributed by atoms with van der Waals surface area (Å²) in [5, 5.41) is 15.1. The summed E-state index contributed by atoms with van der Waals surface area (Å²) < 4.78 is 18.4. The van der Waals surface area contributed by atoms with Crippen molar-refractivity contribution in [2.24, 2.45) is 5.92 Å². The number of rotatable bonds is 7. The third kappa shape index (κ3) is 4.15. The van der Waals surface area contributed by atoms with E-state index < -0.39 is 5.97 Å². The zero-order valence-electron chi connectivity index (χ0n) is 23.3. The Balaban J connectivity index is 1.03. The topological polar surface area (TPSA) is 115 Å². The zero-order chi connectivity index (χ0) is 27.9. The molecule has 4 bridgehead atoms. The highest BCUT2D eigenvalue weighted by molar-refractivity contribution is 7.22. The molecule has 10 heteroatoms. The number of nitrogens with zero attached hydrogens (tertiary/aromatic N) is 3. The van der Waals surface area contributed by atoms with Crippen LogP contribution in [0.4, 0.5) is 5.13 Å². The van der Waals surface area contributed by atoms with Gasteiger partial charge in [-0.15, -0.1) is 0 Å². The summed E-state index contributed by atoms with van der Waals surface area (Å²) in [6.07, 6.45) is 12.5. The molecule has 9 rings (SSSR count). The van der Waals surface area contributed by atoms with Gasteiger partial charge in [0.05, 0.1) is 17.3 Å². The van der Waals surface area contributed by atoms with Gasteiger partial charge in [-0.2, -0.15) is 0 Å². The monoisotopic (exact) mass is 577 g/mol. The van der Waals surface area contributed by atoms with Crippen molar-refractivity contribution in [3.8, 4) is 5.75 Å². The van der Waals surface area contributed by atoms with Gasteiger partial charge in [0.25, 0.3) is 0 Å². The number of hydrogen-bond acceptors (Lipinski definition) is 9. The predicted molar refractivity (Wildman–Crippen MR) is 152 cm³/mol. The number of aromatic carboxylic acids is 1. The molecule has 1 aromatic carbocycles. The van der Waals surface area contributed by atoms with E-state index in [9.17, 15) is 14.7 Å². The van der Waals surface area contributed by atoms with E-state index in [0.717, 1.165) is 90.5 Å². The number of carbonyl (C=O) groups excluding carboxylic acids is 1. The highest BCUT2D eigenvalue weighted by Gasteiger charge is 2.49. The van der Waals surface area contributed by atoms with Gasteiger partial charge in [0, 0.05) is 42.3 Å². The van der Waals surface area contributed by atoms with Crippen molar-refractivity contribution in [1.29, 1.82) is 0 Å². The number of carbonyl (C=O) groups is 2. The standard InChI is InChI=1S/C31H35N3O6S/c1-38-23-15-22-24(14-21(23)28(35)36)41-30(32-22)34-18-4-5-19(34)13-20(12-18)39-29(37)25-26(17-2-3-17)40-33-27(25)31-9-6-16(7-10-31)8-11-31/h14-20H,2-13H2,1H3,(H,35,36)/t16?,18-,19+,20+,31?. The van der Waals surface area contributed by atoms with E-state index in [1.807, 2.05) is 0 Å². The fourth-order valence-corrected chi connectivity index (χ4v) is 9.36. The average Bonchev–Trinajstić information content (AvgIpc) is 3.48. The second kappa shape index (κ2) is 9.44. The van der Waals surface area contributed by atoms with Crippen LogP contribution in [0.5, 0.6) is 5.75 Å². The Bertz CT molecular complexity index is 1510. The van der Waals surface area contributed by atoms with Crippen LogP contribution < -0.4 is 9.64 Å². The third-order valence-corrected chi connectivity index (χ3v) is 11.6. The van der Waals surface area contributed by atoms with Crippen molar-refractivity contribution in [3.63, 3.8) is 0 Å². The summed E-state index contributed by atoms with van der Waals surface area (Å²) in [6, 6.07) is 3.82. The van der Waals surface area contributed by atoms with Crippen molar-refractivity contribution in [3.05, 3.63) is 34.7 Å². The number of methoxy groups -OCH3 is 1. The number of piperidine rings is 1. The maximum atomic E-state index is 13.9. The maximum Gasteiger partial charge on any atom is 0.344 e. The molecule has 2 aliphatic heterocycles. The molecule has 4 heterocycles. The first-order valence-electron chi connectivity index (χ1n) is 15.1. The van der Waals surface area contributed by atoms with Gasteiger partial charge in [-0.1, -0.05) is 16.5 Å². The minimum absolute atomic E-state index is 0.0296. The molecule has 0 spiro atoms. The van der Waals surface area contributed by atoms with Crippen molar-refractivity contribution in [1.82, 2.24) is 10.1 Å². The normalized spacial score (nSPS) is 30.6. The molecule has 3 atom stereocenters. The summed E-state index contributed by atoms with van der Waals surface area (Å²) in [5.74, 6) is 0.953. The lowest BCUT2D eigenvalue weighted by Gasteiger charge is -2.45.